The number of nitrogens with one attached hydrogen (secondary N) is 1. The second-order valence-corrected chi connectivity index (χ2v) is 9.54. The van der Waals surface area contributed by atoms with Crippen molar-refractivity contribution in [1.82, 2.24) is 10.2 Å². The molecule has 1 heterocycles. The van der Waals surface area contributed by atoms with Crippen LogP contribution in [0.2, 0.25) is 0 Å². The van der Waals surface area contributed by atoms with Crippen LogP contribution in [-0.2, 0) is 16.3 Å². The summed E-state index contributed by atoms with van der Waals surface area (Å²) in [4.78, 5) is 6.75. The number of methoxy groups -OCH3 is 1. The Morgan fingerprint density at radius 3 is 2.72 bits per heavy atom. The van der Waals surface area contributed by atoms with Crippen LogP contribution in [0.4, 0.5) is 0 Å². The maximum Gasteiger partial charge on any atom is 0.194 e. The molecule has 0 atom stereocenters. The molecule has 1 fully saturated rings. The summed E-state index contributed by atoms with van der Waals surface area (Å²) in [6, 6.07) is 7.93. The van der Waals surface area contributed by atoms with Gasteiger partial charge in [-0.3, -0.25) is 4.99 Å². The van der Waals surface area contributed by atoms with E-state index in [0.717, 1.165) is 30.2 Å². The Hall–Kier alpha value is -1.76. The Bertz CT molecular complexity index is 714. The monoisotopic (exact) mass is 367 g/mol. The Labute approximate surface area is 151 Å². The zero-order valence-electron chi connectivity index (χ0n) is 15.6. The number of sulfone groups is 1. The third kappa shape index (κ3) is 4.66. The van der Waals surface area contributed by atoms with Crippen LogP contribution in [0.5, 0.6) is 5.75 Å². The zero-order valence-corrected chi connectivity index (χ0v) is 16.4. The number of rotatable bonds is 5. The molecule has 0 bridgehead atoms. The standard InChI is InChI=1S/C18H29N3O3S/c1-5-19-17(21-12-13-25(22,23)18(2,3)14-21)20-11-10-15-8-6-7-9-16(15)24-4/h6-9H,5,10-14H2,1-4H3,(H,19,20). The number of hydrogen-bond donors (Lipinski definition) is 1. The number of ether oxygens (including phenoxy) is 1. The highest BCUT2D eigenvalue weighted by molar-refractivity contribution is 7.92. The van der Waals surface area contributed by atoms with E-state index in [1.54, 1.807) is 21.0 Å². The van der Waals surface area contributed by atoms with Crippen molar-refractivity contribution in [3.63, 3.8) is 0 Å². The lowest BCUT2D eigenvalue weighted by Gasteiger charge is -2.39. The number of para-hydroxylation sites is 1. The minimum atomic E-state index is -3.06. The molecule has 140 valence electrons. The van der Waals surface area contributed by atoms with Gasteiger partial charge in [0.15, 0.2) is 15.8 Å². The van der Waals surface area contributed by atoms with Gasteiger partial charge in [-0.1, -0.05) is 18.2 Å². The molecule has 0 spiro atoms. The van der Waals surface area contributed by atoms with Crippen LogP contribution in [0.15, 0.2) is 29.3 Å². The predicted molar refractivity (Wildman–Crippen MR) is 102 cm³/mol. The van der Waals surface area contributed by atoms with E-state index in [9.17, 15) is 8.42 Å². The Morgan fingerprint density at radius 1 is 1.36 bits per heavy atom. The Balaban J connectivity index is 2.08. The molecule has 1 aromatic carbocycles. The third-order valence-electron chi connectivity index (χ3n) is 4.51. The molecule has 2 rings (SSSR count). The molecule has 0 saturated carbocycles. The average molecular weight is 368 g/mol. The van der Waals surface area contributed by atoms with Gasteiger partial charge in [0.2, 0.25) is 0 Å². The fraction of sp³-hybridized carbons (Fsp3) is 0.611. The first kappa shape index (κ1) is 19.6. The molecule has 1 aliphatic rings. The van der Waals surface area contributed by atoms with Gasteiger partial charge in [0.25, 0.3) is 0 Å². The molecule has 6 nitrogen and oxygen atoms in total. The summed E-state index contributed by atoms with van der Waals surface area (Å²) in [6.07, 6.45) is 0.772. The van der Waals surface area contributed by atoms with E-state index in [-0.39, 0.29) is 5.75 Å². The number of aliphatic imine (C=N–C) groups is 1. The van der Waals surface area contributed by atoms with Crippen LogP contribution in [0.1, 0.15) is 26.3 Å². The molecule has 0 unspecified atom stereocenters. The number of nitrogens with zero attached hydrogens (tertiary/aromatic N) is 2. The highest BCUT2D eigenvalue weighted by atomic mass is 32.2. The van der Waals surface area contributed by atoms with E-state index in [1.165, 1.54) is 0 Å². The van der Waals surface area contributed by atoms with E-state index in [4.69, 9.17) is 9.73 Å². The van der Waals surface area contributed by atoms with E-state index >= 15 is 0 Å². The van der Waals surface area contributed by atoms with Crippen molar-refractivity contribution in [2.45, 2.75) is 31.9 Å². The second-order valence-electron chi connectivity index (χ2n) is 6.80. The van der Waals surface area contributed by atoms with Gasteiger partial charge < -0.3 is 15.0 Å². The van der Waals surface area contributed by atoms with Crippen LogP contribution in [-0.4, -0.2) is 63.1 Å². The van der Waals surface area contributed by atoms with Gasteiger partial charge in [0.1, 0.15) is 5.75 Å². The maximum absolute atomic E-state index is 12.2. The average Bonchev–Trinajstić information content (AvgIpc) is 2.57. The molecular formula is C18H29N3O3S. The van der Waals surface area contributed by atoms with Crippen LogP contribution in [0.3, 0.4) is 0 Å². The smallest absolute Gasteiger partial charge is 0.194 e. The van der Waals surface area contributed by atoms with Gasteiger partial charge >= 0.3 is 0 Å². The molecule has 0 radical (unpaired) electrons. The summed E-state index contributed by atoms with van der Waals surface area (Å²) < 4.78 is 29.0. The number of benzene rings is 1. The molecule has 0 aliphatic carbocycles. The van der Waals surface area contributed by atoms with Crippen molar-refractivity contribution < 1.29 is 13.2 Å². The number of hydrogen-bond acceptors (Lipinski definition) is 4. The van der Waals surface area contributed by atoms with Crippen molar-refractivity contribution in [3.05, 3.63) is 29.8 Å². The summed E-state index contributed by atoms with van der Waals surface area (Å²) in [5.74, 6) is 1.81. The molecule has 0 amide bonds. The van der Waals surface area contributed by atoms with Gasteiger partial charge in [0.05, 0.1) is 17.6 Å². The summed E-state index contributed by atoms with van der Waals surface area (Å²) in [5, 5.41) is 3.28. The van der Waals surface area contributed by atoms with Crippen molar-refractivity contribution in [3.8, 4) is 5.75 Å². The van der Waals surface area contributed by atoms with Crippen LogP contribution >= 0.6 is 0 Å². The first-order valence-electron chi connectivity index (χ1n) is 8.68. The summed E-state index contributed by atoms with van der Waals surface area (Å²) >= 11 is 0. The summed E-state index contributed by atoms with van der Waals surface area (Å²) in [6.45, 7) is 7.88. The van der Waals surface area contributed by atoms with E-state index < -0.39 is 14.6 Å². The van der Waals surface area contributed by atoms with Crippen molar-refractivity contribution >= 4 is 15.8 Å². The van der Waals surface area contributed by atoms with Crippen molar-refractivity contribution in [2.24, 2.45) is 4.99 Å². The highest BCUT2D eigenvalue weighted by Crippen LogP contribution is 2.24. The summed E-state index contributed by atoms with van der Waals surface area (Å²) in [5.41, 5.74) is 1.12. The number of guanidine groups is 1. The Kier molecular flexibility index (Phi) is 6.32. The minimum absolute atomic E-state index is 0.164. The highest BCUT2D eigenvalue weighted by Gasteiger charge is 2.40. The molecule has 1 aliphatic heterocycles. The molecule has 1 aromatic rings. The van der Waals surface area contributed by atoms with Gasteiger partial charge in [-0.25, -0.2) is 8.42 Å². The van der Waals surface area contributed by atoms with Crippen molar-refractivity contribution in [2.75, 3.05) is 39.0 Å². The lowest BCUT2D eigenvalue weighted by atomic mass is 10.1. The first-order chi connectivity index (χ1) is 11.8. The van der Waals surface area contributed by atoms with Gasteiger partial charge in [-0.05, 0) is 38.8 Å². The zero-order chi connectivity index (χ0) is 18.5. The maximum atomic E-state index is 12.2. The predicted octanol–water partition coefficient (Wildman–Crippen LogP) is 1.71. The Morgan fingerprint density at radius 2 is 2.08 bits per heavy atom. The molecule has 7 heteroatoms. The fourth-order valence-corrected chi connectivity index (χ4v) is 4.31. The SMILES string of the molecule is CCNC(=NCCc1ccccc1OC)N1CCS(=O)(=O)C(C)(C)C1. The second kappa shape index (κ2) is 8.08. The molecule has 25 heavy (non-hydrogen) atoms. The molecule has 1 N–H and O–H groups in total. The lowest BCUT2D eigenvalue weighted by molar-refractivity contribution is 0.353. The van der Waals surface area contributed by atoms with Crippen LogP contribution < -0.4 is 10.1 Å². The van der Waals surface area contributed by atoms with E-state index in [2.05, 4.69) is 5.32 Å². The fourth-order valence-electron chi connectivity index (χ4n) is 2.94. The summed E-state index contributed by atoms with van der Waals surface area (Å²) in [7, 11) is -1.39. The molecule has 0 aromatic heterocycles. The van der Waals surface area contributed by atoms with E-state index in [0.29, 0.717) is 19.6 Å². The van der Waals surface area contributed by atoms with Crippen molar-refractivity contribution in [1.29, 1.82) is 0 Å². The van der Waals surface area contributed by atoms with Gasteiger partial charge in [0, 0.05) is 26.2 Å². The molecule has 1 saturated heterocycles. The first-order valence-corrected chi connectivity index (χ1v) is 10.3. The largest absolute Gasteiger partial charge is 0.496 e. The van der Waals surface area contributed by atoms with Crippen LogP contribution in [0, 0.1) is 0 Å². The van der Waals surface area contributed by atoms with Gasteiger partial charge in [-0.2, -0.15) is 0 Å². The quantitative estimate of drug-likeness (QED) is 0.634. The normalized spacial score (nSPS) is 19.5. The topological polar surface area (TPSA) is 71.0 Å². The van der Waals surface area contributed by atoms with E-state index in [1.807, 2.05) is 36.1 Å². The van der Waals surface area contributed by atoms with Gasteiger partial charge in [-0.15, -0.1) is 0 Å². The third-order valence-corrected chi connectivity index (χ3v) is 7.05. The molecular weight excluding hydrogens is 338 g/mol. The minimum Gasteiger partial charge on any atom is -0.496 e. The van der Waals surface area contributed by atoms with Crippen LogP contribution in [0.25, 0.3) is 0 Å². The lowest BCUT2D eigenvalue weighted by Crippen LogP contribution is -2.57.